The molecule has 0 bridgehead atoms. The zero-order valence-corrected chi connectivity index (χ0v) is 15.2. The Morgan fingerprint density at radius 2 is 1.83 bits per heavy atom. The van der Waals surface area contributed by atoms with Crippen molar-refractivity contribution in [1.82, 2.24) is 9.80 Å². The first kappa shape index (κ1) is 19.0. The van der Waals surface area contributed by atoms with E-state index >= 15 is 0 Å². The summed E-state index contributed by atoms with van der Waals surface area (Å²) < 4.78 is 5.23. The van der Waals surface area contributed by atoms with Gasteiger partial charge in [-0.25, -0.2) is 0 Å². The van der Waals surface area contributed by atoms with Crippen LogP contribution in [-0.4, -0.2) is 67.6 Å². The maximum absolute atomic E-state index is 12.4. The van der Waals surface area contributed by atoms with Gasteiger partial charge in [0.25, 0.3) is 0 Å². The third-order valence-electron chi connectivity index (χ3n) is 3.92. The van der Waals surface area contributed by atoms with Gasteiger partial charge in [0.05, 0.1) is 25.8 Å². The number of benzene rings is 1. The molecule has 1 aromatic rings. The van der Waals surface area contributed by atoms with Crippen molar-refractivity contribution in [3.8, 4) is 0 Å². The van der Waals surface area contributed by atoms with Crippen LogP contribution in [0.25, 0.3) is 0 Å². The molecular formula is C16H21Cl2N3O3. The average Bonchev–Trinajstić information content (AvgIpc) is 2.53. The smallest absolute Gasteiger partial charge is 0.241 e. The van der Waals surface area contributed by atoms with E-state index in [4.69, 9.17) is 27.9 Å². The number of nitrogens with one attached hydrogen (secondary N) is 1. The Morgan fingerprint density at radius 1 is 1.25 bits per heavy atom. The van der Waals surface area contributed by atoms with Crippen molar-refractivity contribution in [3.05, 3.63) is 28.2 Å². The number of hydrogen-bond acceptors (Lipinski definition) is 4. The van der Waals surface area contributed by atoms with E-state index in [1.807, 2.05) is 0 Å². The number of hydrogen-bond donors (Lipinski definition) is 1. The first-order valence-corrected chi connectivity index (χ1v) is 8.45. The minimum atomic E-state index is -0.479. The number of morpholine rings is 1. The molecule has 1 saturated heterocycles. The quantitative estimate of drug-likeness (QED) is 0.858. The molecule has 1 aliphatic rings. The van der Waals surface area contributed by atoms with Crippen LogP contribution in [0.15, 0.2) is 18.2 Å². The van der Waals surface area contributed by atoms with Crippen LogP contribution in [0.3, 0.4) is 0 Å². The molecule has 1 heterocycles. The first-order chi connectivity index (χ1) is 11.4. The van der Waals surface area contributed by atoms with Gasteiger partial charge in [0.1, 0.15) is 0 Å². The van der Waals surface area contributed by atoms with Crippen LogP contribution in [0.5, 0.6) is 0 Å². The number of likely N-dealkylation sites (N-methyl/N-ethyl adjacent to an activating group) is 1. The Kier molecular flexibility index (Phi) is 6.86. The zero-order valence-electron chi connectivity index (χ0n) is 13.7. The number of carbonyl (C=O) groups excluding carboxylic acids is 2. The molecule has 1 aliphatic heterocycles. The van der Waals surface area contributed by atoms with Gasteiger partial charge in [-0.1, -0.05) is 23.2 Å². The number of amides is 2. The molecule has 2 amide bonds. The van der Waals surface area contributed by atoms with Crippen LogP contribution in [0.1, 0.15) is 6.92 Å². The number of rotatable bonds is 5. The summed E-state index contributed by atoms with van der Waals surface area (Å²) in [6.07, 6.45) is 0. The van der Waals surface area contributed by atoms with Gasteiger partial charge in [0.2, 0.25) is 11.8 Å². The lowest BCUT2D eigenvalue weighted by molar-refractivity contribution is -0.137. The molecule has 1 aromatic carbocycles. The second-order valence-electron chi connectivity index (χ2n) is 5.73. The summed E-state index contributed by atoms with van der Waals surface area (Å²) >= 11 is 11.8. The highest BCUT2D eigenvalue weighted by molar-refractivity contribution is 6.35. The van der Waals surface area contributed by atoms with Gasteiger partial charge in [-0.15, -0.1) is 0 Å². The van der Waals surface area contributed by atoms with Gasteiger partial charge in [0.15, 0.2) is 0 Å². The summed E-state index contributed by atoms with van der Waals surface area (Å²) in [5.41, 5.74) is 0.525. The Morgan fingerprint density at radius 3 is 2.42 bits per heavy atom. The highest BCUT2D eigenvalue weighted by atomic mass is 35.5. The highest BCUT2D eigenvalue weighted by Crippen LogP contribution is 2.22. The number of carbonyl (C=O) groups is 2. The van der Waals surface area contributed by atoms with E-state index < -0.39 is 6.04 Å². The number of anilines is 1. The molecule has 1 atom stereocenters. The van der Waals surface area contributed by atoms with E-state index in [-0.39, 0.29) is 18.4 Å². The molecule has 6 nitrogen and oxygen atoms in total. The van der Waals surface area contributed by atoms with Crippen molar-refractivity contribution in [2.75, 3.05) is 45.2 Å². The summed E-state index contributed by atoms with van der Waals surface area (Å²) in [7, 11) is 1.74. The molecule has 0 aromatic heterocycles. The second kappa shape index (κ2) is 8.67. The lowest BCUT2D eigenvalue weighted by Crippen LogP contribution is -2.48. The van der Waals surface area contributed by atoms with Crippen LogP contribution in [0.4, 0.5) is 5.69 Å². The molecule has 132 valence electrons. The summed E-state index contributed by atoms with van der Waals surface area (Å²) in [5, 5.41) is 3.65. The minimum Gasteiger partial charge on any atom is -0.378 e. The molecule has 1 N–H and O–H groups in total. The molecule has 24 heavy (non-hydrogen) atoms. The van der Waals surface area contributed by atoms with Crippen molar-refractivity contribution >= 4 is 40.7 Å². The Hall–Kier alpha value is -1.34. The number of halogens is 2. The molecule has 1 fully saturated rings. The maximum Gasteiger partial charge on any atom is 0.241 e. The molecule has 0 unspecified atom stereocenters. The normalized spacial score (nSPS) is 16.1. The lowest BCUT2D eigenvalue weighted by Gasteiger charge is -2.30. The van der Waals surface area contributed by atoms with Crippen LogP contribution < -0.4 is 5.32 Å². The molecule has 8 heteroatoms. The second-order valence-corrected chi connectivity index (χ2v) is 6.60. The third kappa shape index (κ3) is 5.34. The van der Waals surface area contributed by atoms with E-state index in [0.29, 0.717) is 42.0 Å². The topological polar surface area (TPSA) is 61.9 Å². The van der Waals surface area contributed by atoms with E-state index in [2.05, 4.69) is 5.32 Å². The SMILES string of the molecule is C[C@H](C(=O)Nc1cc(Cl)cc(Cl)c1)N(C)CC(=O)N1CCOCC1. The summed E-state index contributed by atoms with van der Waals surface area (Å²) in [6, 6.07) is 4.36. The fourth-order valence-electron chi connectivity index (χ4n) is 2.34. The van der Waals surface area contributed by atoms with Crippen molar-refractivity contribution in [3.63, 3.8) is 0 Å². The van der Waals surface area contributed by atoms with E-state index in [0.717, 1.165) is 0 Å². The largest absolute Gasteiger partial charge is 0.378 e. The van der Waals surface area contributed by atoms with Gasteiger partial charge in [-0.3, -0.25) is 14.5 Å². The minimum absolute atomic E-state index is 0.00810. The molecule has 0 spiro atoms. The summed E-state index contributed by atoms with van der Waals surface area (Å²) in [4.78, 5) is 28.1. The zero-order chi connectivity index (χ0) is 17.7. The molecule has 2 rings (SSSR count). The van der Waals surface area contributed by atoms with Gasteiger partial charge >= 0.3 is 0 Å². The highest BCUT2D eigenvalue weighted by Gasteiger charge is 2.23. The Balaban J connectivity index is 1.90. The number of nitrogens with zero attached hydrogens (tertiary/aromatic N) is 2. The summed E-state index contributed by atoms with van der Waals surface area (Å²) in [6.45, 7) is 4.21. The van der Waals surface area contributed by atoms with Crippen LogP contribution >= 0.6 is 23.2 Å². The third-order valence-corrected chi connectivity index (χ3v) is 4.36. The van der Waals surface area contributed by atoms with E-state index in [1.165, 1.54) is 0 Å². The Labute approximate surface area is 151 Å². The maximum atomic E-state index is 12.4. The fraction of sp³-hybridized carbons (Fsp3) is 0.500. The Bertz CT molecular complexity index is 586. The monoisotopic (exact) mass is 373 g/mol. The number of ether oxygens (including phenoxy) is 1. The molecule has 0 radical (unpaired) electrons. The predicted molar refractivity (Wildman–Crippen MR) is 94.6 cm³/mol. The van der Waals surface area contributed by atoms with Crippen LogP contribution in [0, 0.1) is 0 Å². The van der Waals surface area contributed by atoms with Crippen molar-refractivity contribution in [1.29, 1.82) is 0 Å². The average molecular weight is 374 g/mol. The molecule has 0 aliphatic carbocycles. The molecular weight excluding hydrogens is 353 g/mol. The lowest BCUT2D eigenvalue weighted by atomic mass is 10.2. The molecule has 0 saturated carbocycles. The van der Waals surface area contributed by atoms with Crippen molar-refractivity contribution < 1.29 is 14.3 Å². The first-order valence-electron chi connectivity index (χ1n) is 7.69. The van der Waals surface area contributed by atoms with Gasteiger partial charge in [-0.05, 0) is 32.2 Å². The predicted octanol–water partition coefficient (Wildman–Crippen LogP) is 2.11. The summed E-state index contributed by atoms with van der Waals surface area (Å²) in [5.74, 6) is -0.239. The van der Waals surface area contributed by atoms with E-state index in [1.54, 1.807) is 42.0 Å². The van der Waals surface area contributed by atoms with Crippen molar-refractivity contribution in [2.45, 2.75) is 13.0 Å². The fourth-order valence-corrected chi connectivity index (χ4v) is 2.86. The van der Waals surface area contributed by atoms with Gasteiger partial charge in [0, 0.05) is 28.8 Å². The van der Waals surface area contributed by atoms with Crippen LogP contribution in [-0.2, 0) is 14.3 Å². The standard InChI is InChI=1S/C16H21Cl2N3O3/c1-11(16(23)19-14-8-12(17)7-13(18)9-14)20(2)10-15(22)21-3-5-24-6-4-21/h7-9,11H,3-6,10H2,1-2H3,(H,19,23)/t11-/m1/s1. The van der Waals surface area contributed by atoms with Crippen LogP contribution in [0.2, 0.25) is 10.0 Å². The van der Waals surface area contributed by atoms with Gasteiger partial charge < -0.3 is 15.0 Å². The van der Waals surface area contributed by atoms with E-state index in [9.17, 15) is 9.59 Å². The van der Waals surface area contributed by atoms with Gasteiger partial charge in [-0.2, -0.15) is 0 Å². The van der Waals surface area contributed by atoms with Crippen molar-refractivity contribution in [2.24, 2.45) is 0 Å².